The number of amides is 1. The smallest absolute Gasteiger partial charge is 0.275 e. The number of hydrogen-bond donors (Lipinski definition) is 1. The first-order valence-corrected chi connectivity index (χ1v) is 9.46. The minimum atomic E-state index is -0.283. The lowest BCUT2D eigenvalue weighted by atomic mass is 10.1. The molecule has 0 aliphatic carbocycles. The van der Waals surface area contributed by atoms with E-state index in [1.54, 1.807) is 0 Å². The number of carbonyl (C=O) groups excluding carboxylic acids is 1. The van der Waals surface area contributed by atoms with Gasteiger partial charge in [0.15, 0.2) is 0 Å². The molecule has 6 nitrogen and oxygen atoms in total. The molecule has 0 spiro atoms. The maximum absolute atomic E-state index is 12.8. The van der Waals surface area contributed by atoms with Gasteiger partial charge in [0.05, 0.1) is 28.6 Å². The summed E-state index contributed by atoms with van der Waals surface area (Å²) in [5.41, 5.74) is 4.27. The Labute approximate surface area is 162 Å². The summed E-state index contributed by atoms with van der Waals surface area (Å²) in [5, 5.41) is 2.98. The lowest BCUT2D eigenvalue weighted by molar-refractivity contribution is 0.102. The molecule has 138 valence electrons. The van der Waals surface area contributed by atoms with Gasteiger partial charge in [-0.15, -0.1) is 0 Å². The molecule has 2 aromatic heterocycles. The molecular weight excluding hydrogens is 350 g/mol. The van der Waals surface area contributed by atoms with Crippen LogP contribution in [-0.2, 0) is 13.0 Å². The second-order valence-electron chi connectivity index (χ2n) is 6.94. The lowest BCUT2D eigenvalue weighted by Gasteiger charge is -2.11. The van der Waals surface area contributed by atoms with Crippen LogP contribution in [0.2, 0.25) is 0 Å². The highest BCUT2D eigenvalue weighted by Gasteiger charge is 2.17. The van der Waals surface area contributed by atoms with Crippen LogP contribution >= 0.6 is 0 Å². The Kier molecular flexibility index (Phi) is 4.09. The predicted octanol–water partition coefficient (Wildman–Crippen LogP) is 4.08. The standard InChI is InChI=1S/C22H19N5O/c28-22(19-13-23-17-9-3-4-10-18(17)24-19)26-16-8-2-1-7-15(16)20-14-27-12-6-5-11-21(27)25-20/h1-4,7-10,13-14H,5-6,11-12H2,(H,26,28). The molecule has 3 heterocycles. The van der Waals surface area contributed by atoms with Gasteiger partial charge in [-0.2, -0.15) is 0 Å². The molecule has 0 saturated heterocycles. The van der Waals surface area contributed by atoms with E-state index in [1.807, 2.05) is 48.5 Å². The van der Waals surface area contributed by atoms with E-state index in [-0.39, 0.29) is 11.6 Å². The van der Waals surface area contributed by atoms with Crippen LogP contribution in [0, 0.1) is 0 Å². The van der Waals surface area contributed by atoms with Gasteiger partial charge < -0.3 is 9.88 Å². The Hall–Kier alpha value is -3.54. The summed E-state index contributed by atoms with van der Waals surface area (Å²) >= 11 is 0. The normalized spacial score (nSPS) is 13.3. The average Bonchev–Trinajstić information content (AvgIpc) is 3.18. The Morgan fingerprint density at radius 3 is 2.68 bits per heavy atom. The molecule has 0 unspecified atom stereocenters. The number of para-hydroxylation sites is 3. The minimum Gasteiger partial charge on any atom is -0.334 e. The maximum Gasteiger partial charge on any atom is 0.275 e. The van der Waals surface area contributed by atoms with Crippen LogP contribution in [0.3, 0.4) is 0 Å². The number of nitrogens with zero attached hydrogens (tertiary/aromatic N) is 4. The number of carbonyl (C=O) groups is 1. The number of imidazole rings is 1. The third-order valence-electron chi connectivity index (χ3n) is 5.04. The van der Waals surface area contributed by atoms with Gasteiger partial charge in [-0.1, -0.05) is 30.3 Å². The van der Waals surface area contributed by atoms with Crippen molar-refractivity contribution in [2.24, 2.45) is 0 Å². The average molecular weight is 369 g/mol. The summed E-state index contributed by atoms with van der Waals surface area (Å²) in [4.78, 5) is 26.3. The number of nitrogens with one attached hydrogen (secondary N) is 1. The number of rotatable bonds is 3. The molecule has 0 bridgehead atoms. The van der Waals surface area contributed by atoms with Gasteiger partial charge in [0.25, 0.3) is 5.91 Å². The molecule has 0 fully saturated rings. The van der Waals surface area contributed by atoms with Crippen molar-refractivity contribution in [3.63, 3.8) is 0 Å². The van der Waals surface area contributed by atoms with Crippen molar-refractivity contribution in [3.05, 3.63) is 72.4 Å². The van der Waals surface area contributed by atoms with Crippen LogP contribution < -0.4 is 5.32 Å². The van der Waals surface area contributed by atoms with Crippen LogP contribution in [0.5, 0.6) is 0 Å². The zero-order chi connectivity index (χ0) is 18.9. The minimum absolute atomic E-state index is 0.283. The number of aromatic nitrogens is 4. The largest absolute Gasteiger partial charge is 0.334 e. The Morgan fingerprint density at radius 2 is 1.79 bits per heavy atom. The van der Waals surface area contributed by atoms with Gasteiger partial charge in [-0.05, 0) is 31.0 Å². The Morgan fingerprint density at radius 1 is 0.964 bits per heavy atom. The van der Waals surface area contributed by atoms with Crippen molar-refractivity contribution < 1.29 is 4.79 Å². The third-order valence-corrected chi connectivity index (χ3v) is 5.04. The first kappa shape index (κ1) is 16.6. The van der Waals surface area contributed by atoms with Gasteiger partial charge in [0.1, 0.15) is 11.5 Å². The molecule has 4 aromatic rings. The zero-order valence-electron chi connectivity index (χ0n) is 15.3. The van der Waals surface area contributed by atoms with Crippen LogP contribution in [0.1, 0.15) is 29.2 Å². The first-order chi connectivity index (χ1) is 13.8. The first-order valence-electron chi connectivity index (χ1n) is 9.46. The fraction of sp³-hybridized carbons (Fsp3) is 0.182. The van der Waals surface area contributed by atoms with Crippen molar-refractivity contribution >= 4 is 22.6 Å². The van der Waals surface area contributed by atoms with Crippen molar-refractivity contribution in [2.45, 2.75) is 25.8 Å². The maximum atomic E-state index is 12.8. The quantitative estimate of drug-likeness (QED) is 0.590. The summed E-state index contributed by atoms with van der Waals surface area (Å²) < 4.78 is 2.21. The fourth-order valence-electron chi connectivity index (χ4n) is 3.61. The molecule has 28 heavy (non-hydrogen) atoms. The number of anilines is 1. The van der Waals surface area contributed by atoms with Crippen LogP contribution in [0.15, 0.2) is 60.9 Å². The highest BCUT2D eigenvalue weighted by atomic mass is 16.1. The molecule has 6 heteroatoms. The molecule has 0 radical (unpaired) electrons. The second kappa shape index (κ2) is 6.88. The fourth-order valence-corrected chi connectivity index (χ4v) is 3.61. The van der Waals surface area contributed by atoms with Crippen LogP contribution in [0.4, 0.5) is 5.69 Å². The van der Waals surface area contributed by atoms with Crippen LogP contribution in [0.25, 0.3) is 22.3 Å². The summed E-state index contributed by atoms with van der Waals surface area (Å²) in [6.07, 6.45) is 6.95. The van der Waals surface area contributed by atoms with E-state index < -0.39 is 0 Å². The molecule has 5 rings (SSSR count). The van der Waals surface area contributed by atoms with Gasteiger partial charge in [0, 0.05) is 24.7 Å². The monoisotopic (exact) mass is 369 g/mol. The molecule has 1 N–H and O–H groups in total. The molecule has 0 saturated carbocycles. The summed E-state index contributed by atoms with van der Waals surface area (Å²) in [7, 11) is 0. The van der Waals surface area contributed by atoms with E-state index in [4.69, 9.17) is 4.98 Å². The van der Waals surface area contributed by atoms with Gasteiger partial charge >= 0.3 is 0 Å². The Balaban J connectivity index is 1.46. The van der Waals surface area contributed by atoms with Crippen molar-refractivity contribution in [3.8, 4) is 11.3 Å². The number of benzene rings is 2. The van der Waals surface area contributed by atoms with E-state index >= 15 is 0 Å². The van der Waals surface area contributed by atoms with Crippen molar-refractivity contribution in [2.75, 3.05) is 5.32 Å². The third kappa shape index (κ3) is 3.03. The van der Waals surface area contributed by atoms with E-state index in [2.05, 4.69) is 26.0 Å². The van der Waals surface area contributed by atoms with Crippen molar-refractivity contribution in [1.82, 2.24) is 19.5 Å². The lowest BCUT2D eigenvalue weighted by Crippen LogP contribution is -2.14. The topological polar surface area (TPSA) is 72.7 Å². The Bertz CT molecular complexity index is 1160. The highest BCUT2D eigenvalue weighted by Crippen LogP contribution is 2.29. The van der Waals surface area contributed by atoms with E-state index in [9.17, 15) is 4.79 Å². The number of fused-ring (bicyclic) bond motifs is 2. The number of aryl methyl sites for hydroxylation is 2. The molecule has 2 aromatic carbocycles. The predicted molar refractivity (Wildman–Crippen MR) is 108 cm³/mol. The van der Waals surface area contributed by atoms with E-state index in [0.29, 0.717) is 5.52 Å². The summed E-state index contributed by atoms with van der Waals surface area (Å²) in [6.45, 7) is 1.00. The van der Waals surface area contributed by atoms with E-state index in [1.165, 1.54) is 19.0 Å². The summed E-state index contributed by atoms with van der Waals surface area (Å²) in [6, 6.07) is 15.2. The van der Waals surface area contributed by atoms with Gasteiger partial charge in [-0.3, -0.25) is 9.78 Å². The van der Waals surface area contributed by atoms with Crippen molar-refractivity contribution in [1.29, 1.82) is 0 Å². The molecule has 1 aliphatic rings. The van der Waals surface area contributed by atoms with Gasteiger partial charge in [-0.25, -0.2) is 9.97 Å². The molecular formula is C22H19N5O. The van der Waals surface area contributed by atoms with Gasteiger partial charge in [0.2, 0.25) is 0 Å². The second-order valence-corrected chi connectivity index (χ2v) is 6.94. The highest BCUT2D eigenvalue weighted by molar-refractivity contribution is 6.05. The summed E-state index contributed by atoms with van der Waals surface area (Å²) in [5.74, 6) is 0.831. The number of hydrogen-bond acceptors (Lipinski definition) is 4. The van der Waals surface area contributed by atoms with E-state index in [0.717, 1.165) is 41.3 Å². The molecule has 1 amide bonds. The molecule has 1 aliphatic heterocycles. The SMILES string of the molecule is O=C(Nc1ccccc1-c1cn2c(n1)CCCC2)c1cnc2ccccc2n1. The van der Waals surface area contributed by atoms with Crippen LogP contribution in [-0.4, -0.2) is 25.4 Å². The zero-order valence-corrected chi connectivity index (χ0v) is 15.3. The molecule has 0 atom stereocenters.